The highest BCUT2D eigenvalue weighted by molar-refractivity contribution is 7.95. The second kappa shape index (κ2) is 13.3. The van der Waals surface area contributed by atoms with Crippen molar-refractivity contribution in [1.29, 1.82) is 0 Å². The van der Waals surface area contributed by atoms with Crippen molar-refractivity contribution in [2.24, 2.45) is 0 Å². The van der Waals surface area contributed by atoms with Crippen LogP contribution in [0, 0.1) is 0 Å². The summed E-state index contributed by atoms with van der Waals surface area (Å²) in [6.45, 7) is 5.42. The fourth-order valence-electron chi connectivity index (χ4n) is 1.15. The second-order valence-corrected chi connectivity index (χ2v) is 5.56. The second-order valence-electron chi connectivity index (χ2n) is 3.24. The van der Waals surface area contributed by atoms with E-state index in [1.807, 2.05) is 44.2 Å². The number of ether oxygens (including phenoxy) is 1. The monoisotopic (exact) mass is 334 g/mol. The van der Waals surface area contributed by atoms with E-state index in [0.29, 0.717) is 30.2 Å². The van der Waals surface area contributed by atoms with Gasteiger partial charge in [-0.25, -0.2) is 0 Å². The zero-order valence-electron chi connectivity index (χ0n) is 11.5. The molecule has 1 aromatic carbocycles. The minimum atomic E-state index is -1.21. The van der Waals surface area contributed by atoms with E-state index in [4.69, 9.17) is 31.1 Å². The van der Waals surface area contributed by atoms with Gasteiger partial charge in [0.05, 0.1) is 13.2 Å². The molecule has 0 saturated heterocycles. The number of aliphatic hydroxyl groups excluding tert-OH is 1. The molecule has 0 bridgehead atoms. The molecule has 7 heteroatoms. The fraction of sp³-hybridized carbons (Fsp3) is 0.385. The third kappa shape index (κ3) is 9.28. The van der Waals surface area contributed by atoms with Crippen molar-refractivity contribution in [3.63, 3.8) is 0 Å². The van der Waals surface area contributed by atoms with Gasteiger partial charge < -0.3 is 18.9 Å². The fourth-order valence-corrected chi connectivity index (χ4v) is 2.45. The lowest BCUT2D eigenvalue weighted by Crippen LogP contribution is -2.05. The Kier molecular flexibility index (Phi) is 12.9. The van der Waals surface area contributed by atoms with Crippen LogP contribution in [0.4, 0.5) is 0 Å². The summed E-state index contributed by atoms with van der Waals surface area (Å²) in [5, 5.41) is 7.26. The lowest BCUT2D eigenvalue weighted by molar-refractivity contribution is 0.258. The highest BCUT2D eigenvalue weighted by Crippen LogP contribution is 2.40. The molecule has 1 N–H and O–H groups in total. The molecule has 0 atom stereocenters. The van der Waals surface area contributed by atoms with Crippen LogP contribution in [0.1, 0.15) is 19.4 Å². The summed E-state index contributed by atoms with van der Waals surface area (Å²) in [6.07, 6.45) is 0. The first-order chi connectivity index (χ1) is 9.69. The Bertz CT molecular complexity index is 370. The first kappa shape index (κ1) is 19.4. The zero-order valence-corrected chi connectivity index (χ0v) is 14.0. The van der Waals surface area contributed by atoms with E-state index in [-0.39, 0.29) is 0 Å². The Morgan fingerprint density at radius 1 is 1.20 bits per heavy atom. The van der Waals surface area contributed by atoms with Crippen molar-refractivity contribution in [3.05, 3.63) is 35.9 Å². The van der Waals surface area contributed by atoms with Gasteiger partial charge in [0.15, 0.2) is 0 Å². The maximum atomic E-state index is 7.26. The van der Waals surface area contributed by atoms with Crippen LogP contribution in [0.25, 0.3) is 0 Å². The molecule has 4 nitrogen and oxygen atoms in total. The van der Waals surface area contributed by atoms with Crippen LogP contribution in [-0.4, -0.2) is 28.7 Å². The Labute approximate surface area is 132 Å². The minimum absolute atomic E-state index is 0.410. The van der Waals surface area contributed by atoms with Crippen molar-refractivity contribution in [2.75, 3.05) is 13.2 Å². The van der Waals surface area contributed by atoms with E-state index >= 15 is 0 Å². The molecular weight excluding hydrogens is 315 g/mol. The highest BCUT2D eigenvalue weighted by atomic mass is 32.1. The van der Waals surface area contributed by atoms with Crippen molar-refractivity contribution in [1.82, 2.24) is 0 Å². The van der Waals surface area contributed by atoms with Crippen molar-refractivity contribution >= 4 is 43.2 Å². The predicted octanol–water partition coefficient (Wildman–Crippen LogP) is 4.37. The summed E-state index contributed by atoms with van der Waals surface area (Å²) in [7, 11) is -1.21. The first-order valence-corrected chi connectivity index (χ1v) is 8.09. The van der Waals surface area contributed by atoms with Gasteiger partial charge in [-0.2, -0.15) is 0 Å². The quantitative estimate of drug-likeness (QED) is 0.590. The lowest BCUT2D eigenvalue weighted by Gasteiger charge is -2.16. The summed E-state index contributed by atoms with van der Waals surface area (Å²) in [5.74, 6) is 0. The third-order valence-electron chi connectivity index (χ3n) is 1.85. The molecule has 0 amide bonds. The molecule has 0 radical (unpaired) electrons. The third-order valence-corrected chi connectivity index (χ3v) is 3.82. The van der Waals surface area contributed by atoms with Gasteiger partial charge in [-0.3, -0.25) is 0 Å². The molecule has 0 aliphatic heterocycles. The average molecular weight is 334 g/mol. The summed E-state index contributed by atoms with van der Waals surface area (Å²) < 4.78 is 16.3. The molecular formula is C13H19O4PS2. The van der Waals surface area contributed by atoms with Gasteiger partial charge in [-0.15, -0.1) is 0 Å². The Morgan fingerprint density at radius 2 is 1.70 bits per heavy atom. The summed E-state index contributed by atoms with van der Waals surface area (Å²) in [6, 6.07) is 9.89. The number of thiocarbonyl (C=S) groups is 2. The van der Waals surface area contributed by atoms with E-state index < -0.39 is 8.38 Å². The number of hydrogen-bond donors (Lipinski definition) is 1. The van der Waals surface area contributed by atoms with Crippen LogP contribution in [0.5, 0.6) is 0 Å². The van der Waals surface area contributed by atoms with E-state index in [9.17, 15) is 0 Å². The van der Waals surface area contributed by atoms with Crippen LogP contribution < -0.4 is 0 Å². The largest absolute Gasteiger partial charge is 0.504 e. The molecule has 0 heterocycles. The van der Waals surface area contributed by atoms with Gasteiger partial charge in [0.25, 0.3) is 8.38 Å². The molecule has 1 rings (SSSR count). The lowest BCUT2D eigenvalue weighted by atomic mass is 10.2. The standard InChI is InChI=1S/C12H17O3PS.CH2OS/c1-3-14-16(15-4-2)12(17)13-10-11-8-6-5-7-9-11;2-1-3/h5-9H,3-4,10H2,1-2H3;1H,(H,2,3). The normalized spacial score (nSPS) is 9.55. The van der Waals surface area contributed by atoms with Gasteiger partial charge in [0.1, 0.15) is 12.2 Å². The molecule has 0 unspecified atom stereocenters. The molecule has 0 aliphatic carbocycles. The van der Waals surface area contributed by atoms with Gasteiger partial charge in [-0.1, -0.05) is 30.3 Å². The maximum Gasteiger partial charge on any atom is 0.255 e. The maximum absolute atomic E-state index is 7.26. The van der Waals surface area contributed by atoms with Gasteiger partial charge >= 0.3 is 0 Å². The Morgan fingerprint density at radius 3 is 2.15 bits per heavy atom. The van der Waals surface area contributed by atoms with Crippen molar-refractivity contribution in [2.45, 2.75) is 20.5 Å². The van der Waals surface area contributed by atoms with Crippen LogP contribution in [0.2, 0.25) is 0 Å². The van der Waals surface area contributed by atoms with E-state index in [2.05, 4.69) is 12.2 Å². The summed E-state index contributed by atoms with van der Waals surface area (Å²) >= 11 is 8.99. The average Bonchev–Trinajstić information content (AvgIpc) is 2.46. The molecule has 0 saturated carbocycles. The molecule has 1 aromatic rings. The summed E-state index contributed by atoms with van der Waals surface area (Å²) in [4.78, 5) is 0.410. The first-order valence-electron chi connectivity index (χ1n) is 6.04. The van der Waals surface area contributed by atoms with E-state index in [0.717, 1.165) is 5.56 Å². The van der Waals surface area contributed by atoms with Gasteiger partial charge in [0, 0.05) is 0 Å². The SMILES string of the molecule is CCOP(OCC)C(=S)OCc1ccccc1.OC=S. The van der Waals surface area contributed by atoms with Crippen LogP contribution in [0.3, 0.4) is 0 Å². The zero-order chi connectivity index (χ0) is 15.2. The minimum Gasteiger partial charge on any atom is -0.504 e. The van der Waals surface area contributed by atoms with Crippen LogP contribution >= 0.6 is 32.8 Å². The number of hydrogen-bond acceptors (Lipinski definition) is 5. The molecule has 0 fully saturated rings. The molecule has 0 aromatic heterocycles. The van der Waals surface area contributed by atoms with Gasteiger partial charge in [-0.05, 0) is 43.8 Å². The summed E-state index contributed by atoms with van der Waals surface area (Å²) in [5.41, 5.74) is 1.66. The smallest absolute Gasteiger partial charge is 0.255 e. The van der Waals surface area contributed by atoms with Crippen LogP contribution in [0.15, 0.2) is 30.3 Å². The van der Waals surface area contributed by atoms with Gasteiger partial charge in [0.2, 0.25) is 4.79 Å². The molecule has 20 heavy (non-hydrogen) atoms. The molecule has 112 valence electrons. The number of aliphatic hydroxyl groups is 1. The number of rotatable bonds is 7. The predicted molar refractivity (Wildman–Crippen MR) is 90.3 cm³/mol. The number of benzene rings is 1. The Balaban J connectivity index is 0.00000110. The van der Waals surface area contributed by atoms with E-state index in [1.54, 1.807) is 0 Å². The highest BCUT2D eigenvalue weighted by Gasteiger charge is 2.17. The molecule has 0 spiro atoms. The Hall–Kier alpha value is -0.650. The topological polar surface area (TPSA) is 47.9 Å². The molecule has 0 aliphatic rings. The van der Waals surface area contributed by atoms with Crippen molar-refractivity contribution < 1.29 is 18.9 Å². The van der Waals surface area contributed by atoms with Crippen molar-refractivity contribution in [3.8, 4) is 0 Å². The van der Waals surface area contributed by atoms with E-state index in [1.165, 1.54) is 0 Å². The van der Waals surface area contributed by atoms with Crippen LogP contribution in [-0.2, 0) is 20.4 Å².